The Labute approximate surface area is 119 Å². The number of nitrogens with zero attached hydrogens (tertiary/aromatic N) is 3. The van der Waals surface area contributed by atoms with E-state index >= 15 is 0 Å². The Morgan fingerprint density at radius 2 is 2.35 bits per heavy atom. The molecule has 0 aliphatic carbocycles. The molecule has 1 saturated heterocycles. The molecule has 1 aromatic rings. The van der Waals surface area contributed by atoms with Crippen LogP contribution in [-0.4, -0.2) is 41.2 Å². The van der Waals surface area contributed by atoms with E-state index in [-0.39, 0.29) is 11.9 Å². The number of aromatic nitrogens is 2. The molecule has 1 atom stereocenters. The maximum atomic E-state index is 11.6. The molecule has 0 saturated carbocycles. The van der Waals surface area contributed by atoms with Gasteiger partial charge < -0.3 is 9.26 Å². The van der Waals surface area contributed by atoms with Gasteiger partial charge in [0.15, 0.2) is 5.82 Å². The quantitative estimate of drug-likeness (QED) is 0.764. The van der Waals surface area contributed by atoms with Gasteiger partial charge in [0.1, 0.15) is 0 Å². The Bertz CT molecular complexity index is 445. The van der Waals surface area contributed by atoms with E-state index in [4.69, 9.17) is 9.26 Å². The zero-order chi connectivity index (χ0) is 14.5. The number of rotatable bonds is 5. The molecule has 112 valence electrons. The van der Waals surface area contributed by atoms with E-state index in [1.807, 2.05) is 0 Å². The molecule has 2 heterocycles. The van der Waals surface area contributed by atoms with Gasteiger partial charge in [-0.15, -0.1) is 0 Å². The molecule has 0 unspecified atom stereocenters. The van der Waals surface area contributed by atoms with Gasteiger partial charge in [0, 0.05) is 13.0 Å². The van der Waals surface area contributed by atoms with Gasteiger partial charge >= 0.3 is 5.97 Å². The summed E-state index contributed by atoms with van der Waals surface area (Å²) in [7, 11) is 1.44. The Kier molecular flexibility index (Phi) is 5.11. The van der Waals surface area contributed by atoms with Crippen LogP contribution in [0.5, 0.6) is 0 Å². The molecule has 1 fully saturated rings. The molecule has 0 amide bonds. The number of esters is 1. The van der Waals surface area contributed by atoms with E-state index in [2.05, 4.69) is 28.9 Å². The van der Waals surface area contributed by atoms with Crippen LogP contribution in [0.3, 0.4) is 0 Å². The molecule has 20 heavy (non-hydrogen) atoms. The molecular weight excluding hydrogens is 258 g/mol. The number of hydrogen-bond acceptors (Lipinski definition) is 6. The minimum atomic E-state index is -0.124. The van der Waals surface area contributed by atoms with Crippen molar-refractivity contribution in [3.05, 3.63) is 11.7 Å². The van der Waals surface area contributed by atoms with E-state index in [1.54, 1.807) is 0 Å². The lowest BCUT2D eigenvalue weighted by atomic mass is 9.98. The van der Waals surface area contributed by atoms with E-state index in [0.717, 1.165) is 31.6 Å². The predicted octanol–water partition coefficient (Wildman–Crippen LogP) is 1.65. The van der Waals surface area contributed by atoms with Crippen molar-refractivity contribution in [1.82, 2.24) is 15.0 Å². The van der Waals surface area contributed by atoms with Crippen LogP contribution in [0.15, 0.2) is 4.52 Å². The van der Waals surface area contributed by atoms with Gasteiger partial charge in [-0.25, -0.2) is 0 Å². The van der Waals surface area contributed by atoms with Crippen molar-refractivity contribution in [1.29, 1.82) is 0 Å². The number of carbonyl (C=O) groups excluding carboxylic acids is 1. The Morgan fingerprint density at radius 3 is 3.05 bits per heavy atom. The van der Waals surface area contributed by atoms with E-state index < -0.39 is 0 Å². The van der Waals surface area contributed by atoms with E-state index in [0.29, 0.717) is 24.9 Å². The highest BCUT2D eigenvalue weighted by atomic mass is 16.5. The molecular formula is C14H23N3O3. The summed E-state index contributed by atoms with van der Waals surface area (Å²) in [5.74, 6) is 1.74. The summed E-state index contributed by atoms with van der Waals surface area (Å²) in [6, 6.07) is 0. The van der Waals surface area contributed by atoms with Crippen LogP contribution in [0.25, 0.3) is 0 Å². The first-order valence-electron chi connectivity index (χ1n) is 7.20. The highest BCUT2D eigenvalue weighted by Crippen LogP contribution is 2.19. The Hall–Kier alpha value is -1.43. The summed E-state index contributed by atoms with van der Waals surface area (Å²) >= 11 is 0. The summed E-state index contributed by atoms with van der Waals surface area (Å²) in [5.41, 5.74) is 0. The molecule has 6 nitrogen and oxygen atoms in total. The van der Waals surface area contributed by atoms with Crippen molar-refractivity contribution < 1.29 is 14.1 Å². The lowest BCUT2D eigenvalue weighted by molar-refractivity contribution is -0.147. The van der Waals surface area contributed by atoms with Crippen molar-refractivity contribution in [2.75, 3.05) is 20.2 Å². The molecule has 0 bridgehead atoms. The SMILES string of the molecule is COC(=O)[C@H]1CCCN(Cc2nc(CC(C)C)no2)C1. The van der Waals surface area contributed by atoms with Gasteiger partial charge in [0.25, 0.3) is 0 Å². The first-order chi connectivity index (χ1) is 9.58. The van der Waals surface area contributed by atoms with Crippen molar-refractivity contribution in [3.8, 4) is 0 Å². The van der Waals surface area contributed by atoms with Crippen molar-refractivity contribution >= 4 is 5.97 Å². The summed E-state index contributed by atoms with van der Waals surface area (Å²) in [4.78, 5) is 18.2. The minimum Gasteiger partial charge on any atom is -0.469 e. The monoisotopic (exact) mass is 281 g/mol. The molecule has 1 aromatic heterocycles. The smallest absolute Gasteiger partial charge is 0.309 e. The van der Waals surface area contributed by atoms with Gasteiger partial charge in [-0.05, 0) is 25.3 Å². The zero-order valence-corrected chi connectivity index (χ0v) is 12.5. The van der Waals surface area contributed by atoms with Crippen LogP contribution in [0.1, 0.15) is 38.4 Å². The summed E-state index contributed by atoms with van der Waals surface area (Å²) in [6.07, 6.45) is 2.71. The fourth-order valence-electron chi connectivity index (χ4n) is 2.55. The third-order valence-electron chi connectivity index (χ3n) is 3.50. The first-order valence-corrected chi connectivity index (χ1v) is 7.20. The van der Waals surface area contributed by atoms with Gasteiger partial charge in [-0.2, -0.15) is 4.98 Å². The molecule has 0 aromatic carbocycles. The van der Waals surface area contributed by atoms with Gasteiger partial charge in [-0.3, -0.25) is 9.69 Å². The van der Waals surface area contributed by atoms with Gasteiger partial charge in [-0.1, -0.05) is 19.0 Å². The molecule has 0 spiro atoms. The van der Waals surface area contributed by atoms with Crippen molar-refractivity contribution in [3.63, 3.8) is 0 Å². The first kappa shape index (κ1) is 15.0. The second kappa shape index (κ2) is 6.83. The number of carbonyl (C=O) groups is 1. The molecule has 0 radical (unpaired) electrons. The second-order valence-electron chi connectivity index (χ2n) is 5.80. The van der Waals surface area contributed by atoms with Crippen molar-refractivity contribution in [2.24, 2.45) is 11.8 Å². The summed E-state index contributed by atoms with van der Waals surface area (Å²) in [6.45, 7) is 6.52. The molecule has 1 aliphatic rings. The largest absolute Gasteiger partial charge is 0.469 e. The van der Waals surface area contributed by atoms with Gasteiger partial charge in [0.2, 0.25) is 5.89 Å². The summed E-state index contributed by atoms with van der Waals surface area (Å²) in [5, 5.41) is 3.99. The third-order valence-corrected chi connectivity index (χ3v) is 3.50. The third kappa shape index (κ3) is 4.03. The summed E-state index contributed by atoms with van der Waals surface area (Å²) < 4.78 is 10.1. The second-order valence-corrected chi connectivity index (χ2v) is 5.80. The average Bonchev–Trinajstić information content (AvgIpc) is 2.84. The maximum absolute atomic E-state index is 11.6. The topological polar surface area (TPSA) is 68.5 Å². The average molecular weight is 281 g/mol. The van der Waals surface area contributed by atoms with Crippen LogP contribution in [0.2, 0.25) is 0 Å². The standard InChI is InChI=1S/C14H23N3O3/c1-10(2)7-12-15-13(20-16-12)9-17-6-4-5-11(8-17)14(18)19-3/h10-11H,4-9H2,1-3H3/t11-/m0/s1. The highest BCUT2D eigenvalue weighted by Gasteiger charge is 2.27. The van der Waals surface area contributed by atoms with Gasteiger partial charge in [0.05, 0.1) is 19.6 Å². The Morgan fingerprint density at radius 1 is 1.55 bits per heavy atom. The fraction of sp³-hybridized carbons (Fsp3) is 0.786. The molecule has 1 aliphatic heterocycles. The van der Waals surface area contributed by atoms with E-state index in [9.17, 15) is 4.79 Å². The normalized spacial score (nSPS) is 20.3. The van der Waals surface area contributed by atoms with Crippen molar-refractivity contribution in [2.45, 2.75) is 39.7 Å². The molecule has 0 N–H and O–H groups in total. The number of hydrogen-bond donors (Lipinski definition) is 0. The molecule has 6 heteroatoms. The lowest BCUT2D eigenvalue weighted by Crippen LogP contribution is -2.38. The van der Waals surface area contributed by atoms with Crippen LogP contribution >= 0.6 is 0 Å². The number of piperidine rings is 1. The minimum absolute atomic E-state index is 0.0354. The highest BCUT2D eigenvalue weighted by molar-refractivity contribution is 5.72. The number of likely N-dealkylation sites (tertiary alicyclic amines) is 1. The number of methoxy groups -OCH3 is 1. The number of ether oxygens (including phenoxy) is 1. The lowest BCUT2D eigenvalue weighted by Gasteiger charge is -2.29. The van der Waals surface area contributed by atoms with Crippen LogP contribution in [-0.2, 0) is 22.5 Å². The molecule has 2 rings (SSSR count). The van der Waals surface area contributed by atoms with E-state index in [1.165, 1.54) is 7.11 Å². The predicted molar refractivity (Wildman–Crippen MR) is 72.9 cm³/mol. The van der Waals surface area contributed by atoms with Crippen LogP contribution < -0.4 is 0 Å². The fourth-order valence-corrected chi connectivity index (χ4v) is 2.55. The van der Waals surface area contributed by atoms with Crippen LogP contribution in [0.4, 0.5) is 0 Å². The Balaban J connectivity index is 1.89. The zero-order valence-electron chi connectivity index (χ0n) is 12.5. The van der Waals surface area contributed by atoms with Crippen LogP contribution in [0, 0.1) is 11.8 Å². The maximum Gasteiger partial charge on any atom is 0.309 e.